The molecule has 0 saturated heterocycles. The highest BCUT2D eigenvalue weighted by molar-refractivity contribution is 5.99. The number of hydrogen-bond acceptors (Lipinski definition) is 4. The molecule has 0 N–H and O–H groups in total. The molecule has 7 aromatic carbocycles. The van der Waals surface area contributed by atoms with Crippen LogP contribution in [-0.2, 0) is 0 Å². The van der Waals surface area contributed by atoms with Crippen LogP contribution in [0.5, 0.6) is 0 Å². The van der Waals surface area contributed by atoms with E-state index in [0.29, 0.717) is 17.5 Å². The highest BCUT2D eigenvalue weighted by Gasteiger charge is 2.24. The molecule has 0 aliphatic rings. The van der Waals surface area contributed by atoms with Gasteiger partial charge in [0.25, 0.3) is 0 Å². The van der Waals surface area contributed by atoms with E-state index >= 15 is 0 Å². The van der Waals surface area contributed by atoms with Crippen LogP contribution < -0.4 is 4.90 Å². The van der Waals surface area contributed by atoms with Crippen LogP contribution in [0.4, 0.5) is 17.1 Å². The van der Waals surface area contributed by atoms with Gasteiger partial charge in [-0.15, -0.1) is 0 Å². The molecule has 0 aliphatic heterocycles. The fourth-order valence-electron chi connectivity index (χ4n) is 6.41. The van der Waals surface area contributed by atoms with Gasteiger partial charge in [0.15, 0.2) is 17.5 Å². The van der Waals surface area contributed by atoms with E-state index in [1.54, 1.807) is 0 Å². The second kappa shape index (κ2) is 14.1. The molecule has 0 bridgehead atoms. The Labute approximate surface area is 299 Å². The first-order valence-corrected chi connectivity index (χ1v) is 17.2. The quantitative estimate of drug-likeness (QED) is 0.163. The predicted octanol–water partition coefficient (Wildman–Crippen LogP) is 12.3. The van der Waals surface area contributed by atoms with Crippen molar-refractivity contribution in [2.75, 3.05) is 4.90 Å². The molecule has 4 nitrogen and oxygen atoms in total. The van der Waals surface area contributed by atoms with Crippen LogP contribution in [0.2, 0.25) is 0 Å². The van der Waals surface area contributed by atoms with Crippen molar-refractivity contribution < 1.29 is 0 Å². The lowest BCUT2D eigenvalue weighted by Crippen LogP contribution is -2.13. The van der Waals surface area contributed by atoms with E-state index in [9.17, 15) is 0 Å². The molecule has 0 amide bonds. The summed E-state index contributed by atoms with van der Waals surface area (Å²) in [5.74, 6) is 1.87. The molecular weight excluding hydrogens is 621 g/mol. The van der Waals surface area contributed by atoms with E-state index in [4.69, 9.17) is 15.0 Å². The van der Waals surface area contributed by atoms with Crippen LogP contribution >= 0.6 is 0 Å². The summed E-state index contributed by atoms with van der Waals surface area (Å²) in [6.07, 6.45) is 0. The Hall–Kier alpha value is -6.65. The SMILES string of the molecule is Cc1ccc(N(c2ccc(C)cc2)c2c(-c3ccccc3)cc(-c3nc(-c4ccccc4)nc(-c4ccccc4)n3)cc2-c2ccccc2)cc1. The number of aromatic nitrogens is 3. The van der Waals surface area contributed by atoms with Crippen molar-refractivity contribution in [3.8, 4) is 56.4 Å². The van der Waals surface area contributed by atoms with E-state index < -0.39 is 0 Å². The lowest BCUT2D eigenvalue weighted by atomic mass is 9.91. The average molecular weight is 657 g/mol. The molecule has 8 aromatic rings. The van der Waals surface area contributed by atoms with Gasteiger partial charge in [0, 0.05) is 39.2 Å². The fraction of sp³-hybridized carbons (Fsp3) is 0.0426. The van der Waals surface area contributed by atoms with Gasteiger partial charge in [-0.3, -0.25) is 0 Å². The minimum atomic E-state index is 0.612. The zero-order valence-corrected chi connectivity index (χ0v) is 28.6. The van der Waals surface area contributed by atoms with Gasteiger partial charge in [-0.1, -0.05) is 157 Å². The molecule has 0 saturated carbocycles. The van der Waals surface area contributed by atoms with Gasteiger partial charge < -0.3 is 4.90 Å². The van der Waals surface area contributed by atoms with Crippen molar-refractivity contribution in [2.24, 2.45) is 0 Å². The molecule has 1 aromatic heterocycles. The monoisotopic (exact) mass is 656 g/mol. The molecule has 0 fully saturated rings. The summed E-state index contributed by atoms with van der Waals surface area (Å²) >= 11 is 0. The first-order valence-electron chi connectivity index (χ1n) is 17.2. The third kappa shape index (κ3) is 6.68. The Morgan fingerprint density at radius 2 is 0.647 bits per heavy atom. The number of rotatable bonds is 8. The average Bonchev–Trinajstić information content (AvgIpc) is 3.20. The van der Waals surface area contributed by atoms with Crippen molar-refractivity contribution in [2.45, 2.75) is 13.8 Å². The van der Waals surface area contributed by atoms with Gasteiger partial charge in [-0.05, 0) is 61.4 Å². The standard InChI is InChI=1S/C47H36N4/c1-33-23-27-40(28-24-33)51(41-29-25-34(2)26-30-41)44-42(35-15-7-3-8-16-35)31-39(32-43(44)36-17-9-4-10-18-36)47-49-45(37-19-11-5-12-20-37)48-46(50-47)38-21-13-6-14-22-38/h3-32H,1-2H3. The molecule has 0 atom stereocenters. The molecule has 0 aliphatic carbocycles. The van der Waals surface area contributed by atoms with Crippen LogP contribution in [0.3, 0.4) is 0 Å². The van der Waals surface area contributed by atoms with Gasteiger partial charge in [0.2, 0.25) is 0 Å². The normalized spacial score (nSPS) is 10.9. The van der Waals surface area contributed by atoms with Crippen LogP contribution in [0.15, 0.2) is 182 Å². The van der Waals surface area contributed by atoms with Crippen molar-refractivity contribution in [3.05, 3.63) is 193 Å². The van der Waals surface area contributed by atoms with E-state index in [-0.39, 0.29) is 0 Å². The molecule has 244 valence electrons. The second-order valence-electron chi connectivity index (χ2n) is 12.7. The molecular formula is C47H36N4. The van der Waals surface area contributed by atoms with E-state index in [1.807, 2.05) is 60.7 Å². The van der Waals surface area contributed by atoms with Crippen molar-refractivity contribution in [1.29, 1.82) is 0 Å². The maximum Gasteiger partial charge on any atom is 0.164 e. The Morgan fingerprint density at radius 3 is 1.00 bits per heavy atom. The first-order chi connectivity index (χ1) is 25.1. The van der Waals surface area contributed by atoms with E-state index in [0.717, 1.165) is 56.0 Å². The minimum absolute atomic E-state index is 0.612. The summed E-state index contributed by atoms with van der Waals surface area (Å²) in [6, 6.07) is 63.5. The van der Waals surface area contributed by atoms with Gasteiger partial charge in [0.1, 0.15) is 0 Å². The summed E-state index contributed by atoms with van der Waals surface area (Å²) in [5.41, 5.74) is 12.7. The summed E-state index contributed by atoms with van der Waals surface area (Å²) in [5, 5.41) is 0. The molecule has 0 spiro atoms. The molecule has 4 heteroatoms. The van der Waals surface area contributed by atoms with Crippen LogP contribution in [-0.4, -0.2) is 15.0 Å². The smallest absolute Gasteiger partial charge is 0.164 e. The minimum Gasteiger partial charge on any atom is -0.309 e. The Morgan fingerprint density at radius 1 is 0.333 bits per heavy atom. The molecule has 51 heavy (non-hydrogen) atoms. The van der Waals surface area contributed by atoms with Crippen molar-refractivity contribution in [1.82, 2.24) is 15.0 Å². The topological polar surface area (TPSA) is 41.9 Å². The summed E-state index contributed by atoms with van der Waals surface area (Å²) < 4.78 is 0. The third-order valence-electron chi connectivity index (χ3n) is 9.05. The Balaban J connectivity index is 1.46. The summed E-state index contributed by atoms with van der Waals surface area (Å²) in [4.78, 5) is 17.6. The summed E-state index contributed by atoms with van der Waals surface area (Å²) in [7, 11) is 0. The number of benzene rings is 7. The highest BCUT2D eigenvalue weighted by atomic mass is 15.1. The van der Waals surface area contributed by atoms with E-state index in [2.05, 4.69) is 140 Å². The molecule has 0 radical (unpaired) electrons. The Bertz CT molecular complexity index is 2230. The van der Waals surface area contributed by atoms with Crippen LogP contribution in [0.1, 0.15) is 11.1 Å². The number of anilines is 3. The second-order valence-corrected chi connectivity index (χ2v) is 12.7. The lowest BCUT2D eigenvalue weighted by molar-refractivity contribution is 1.07. The summed E-state index contributed by atoms with van der Waals surface area (Å²) in [6.45, 7) is 4.25. The zero-order chi connectivity index (χ0) is 34.6. The molecule has 8 rings (SSSR count). The van der Waals surface area contributed by atoms with Crippen LogP contribution in [0, 0.1) is 13.8 Å². The van der Waals surface area contributed by atoms with Crippen molar-refractivity contribution in [3.63, 3.8) is 0 Å². The zero-order valence-electron chi connectivity index (χ0n) is 28.6. The highest BCUT2D eigenvalue weighted by Crippen LogP contribution is 2.48. The number of nitrogens with zero attached hydrogens (tertiary/aromatic N) is 4. The van der Waals surface area contributed by atoms with Gasteiger partial charge >= 0.3 is 0 Å². The van der Waals surface area contributed by atoms with Gasteiger partial charge in [0.05, 0.1) is 5.69 Å². The molecule has 1 heterocycles. The number of aryl methyl sites for hydroxylation is 2. The Kier molecular flexibility index (Phi) is 8.72. The number of hydrogen-bond donors (Lipinski definition) is 0. The molecule has 0 unspecified atom stereocenters. The van der Waals surface area contributed by atoms with Crippen molar-refractivity contribution >= 4 is 17.1 Å². The lowest BCUT2D eigenvalue weighted by Gasteiger charge is -2.31. The maximum atomic E-state index is 5.14. The van der Waals surface area contributed by atoms with Gasteiger partial charge in [-0.2, -0.15) is 0 Å². The van der Waals surface area contributed by atoms with E-state index in [1.165, 1.54) is 11.1 Å². The predicted molar refractivity (Wildman–Crippen MR) is 211 cm³/mol. The maximum absolute atomic E-state index is 5.14. The van der Waals surface area contributed by atoms with Crippen LogP contribution in [0.25, 0.3) is 56.4 Å². The fourth-order valence-corrected chi connectivity index (χ4v) is 6.41. The van der Waals surface area contributed by atoms with Gasteiger partial charge in [-0.25, -0.2) is 15.0 Å². The largest absolute Gasteiger partial charge is 0.309 e. The third-order valence-corrected chi connectivity index (χ3v) is 9.05. The first kappa shape index (κ1) is 31.6.